The van der Waals surface area contributed by atoms with Crippen LogP contribution in [0.5, 0.6) is 0 Å². The summed E-state index contributed by atoms with van der Waals surface area (Å²) in [5, 5.41) is 0. The monoisotopic (exact) mass is 270 g/mol. The predicted molar refractivity (Wildman–Crippen MR) is 82.4 cm³/mol. The minimum absolute atomic E-state index is 0.443. The van der Waals surface area contributed by atoms with Gasteiger partial charge in [0.25, 0.3) is 0 Å². The molecule has 1 aliphatic heterocycles. The number of piperidine rings is 1. The Morgan fingerprint density at radius 3 is 2.74 bits per heavy atom. The smallest absolute Gasteiger partial charge is 0.0702 e. The lowest BCUT2D eigenvalue weighted by molar-refractivity contribution is -0.0127. The van der Waals surface area contributed by atoms with Crippen molar-refractivity contribution in [1.29, 1.82) is 0 Å². The molecular formula is C16H34N2O. The van der Waals surface area contributed by atoms with Crippen LogP contribution >= 0.6 is 0 Å². The molecule has 1 rings (SSSR count). The van der Waals surface area contributed by atoms with Crippen LogP contribution in [0.15, 0.2) is 0 Å². The number of nitrogens with zero attached hydrogens (tertiary/aromatic N) is 1. The number of likely N-dealkylation sites (tertiary alicyclic amines) is 1. The van der Waals surface area contributed by atoms with E-state index in [1.54, 1.807) is 0 Å². The Kier molecular flexibility index (Phi) is 9.48. The molecule has 0 aromatic rings. The first-order valence-electron chi connectivity index (χ1n) is 8.37. The highest BCUT2D eigenvalue weighted by Gasteiger charge is 2.25. The first-order chi connectivity index (χ1) is 9.31. The van der Waals surface area contributed by atoms with Gasteiger partial charge in [-0.15, -0.1) is 0 Å². The highest BCUT2D eigenvalue weighted by molar-refractivity contribution is 4.80. The Hall–Kier alpha value is -0.120. The first kappa shape index (κ1) is 16.9. The first-order valence-corrected chi connectivity index (χ1v) is 8.37. The van der Waals surface area contributed by atoms with Crippen molar-refractivity contribution < 1.29 is 4.74 Å². The Morgan fingerprint density at radius 1 is 1.21 bits per heavy atom. The molecule has 0 spiro atoms. The molecule has 0 aliphatic carbocycles. The van der Waals surface area contributed by atoms with Crippen molar-refractivity contribution >= 4 is 0 Å². The predicted octanol–water partition coefficient (Wildman–Crippen LogP) is 3.18. The quantitative estimate of drug-likeness (QED) is 0.620. The van der Waals surface area contributed by atoms with E-state index in [-0.39, 0.29) is 0 Å². The van der Waals surface area contributed by atoms with Crippen LogP contribution in [0.2, 0.25) is 0 Å². The molecule has 1 aliphatic rings. The van der Waals surface area contributed by atoms with Crippen molar-refractivity contribution in [3.63, 3.8) is 0 Å². The number of unbranched alkanes of at least 4 members (excludes halogenated alkanes) is 3. The Morgan fingerprint density at radius 2 is 2.05 bits per heavy atom. The van der Waals surface area contributed by atoms with Gasteiger partial charge in [-0.25, -0.2) is 0 Å². The topological polar surface area (TPSA) is 38.5 Å². The van der Waals surface area contributed by atoms with Crippen LogP contribution in [-0.4, -0.2) is 43.3 Å². The SMILES string of the molecule is CCCCCCC(CN)N1CCCC(OCCC)C1. The summed E-state index contributed by atoms with van der Waals surface area (Å²) in [5.41, 5.74) is 5.98. The number of nitrogens with two attached hydrogens (primary N) is 1. The summed E-state index contributed by atoms with van der Waals surface area (Å²) in [6.45, 7) is 8.45. The second-order valence-electron chi connectivity index (χ2n) is 5.87. The van der Waals surface area contributed by atoms with Crippen LogP contribution in [0, 0.1) is 0 Å². The van der Waals surface area contributed by atoms with E-state index >= 15 is 0 Å². The number of rotatable bonds is 10. The van der Waals surface area contributed by atoms with E-state index in [9.17, 15) is 0 Å². The van der Waals surface area contributed by atoms with Crippen molar-refractivity contribution in [2.45, 2.75) is 77.4 Å². The minimum Gasteiger partial charge on any atom is -0.377 e. The van der Waals surface area contributed by atoms with Gasteiger partial charge in [0, 0.05) is 25.7 Å². The van der Waals surface area contributed by atoms with Gasteiger partial charge in [-0.3, -0.25) is 4.90 Å². The molecule has 2 unspecified atom stereocenters. The molecule has 0 aromatic heterocycles. The zero-order chi connectivity index (χ0) is 13.9. The summed E-state index contributed by atoms with van der Waals surface area (Å²) in [7, 11) is 0. The van der Waals surface area contributed by atoms with E-state index in [0.717, 1.165) is 26.1 Å². The lowest BCUT2D eigenvalue weighted by Gasteiger charge is -2.37. The maximum absolute atomic E-state index is 5.98. The van der Waals surface area contributed by atoms with E-state index < -0.39 is 0 Å². The molecular weight excluding hydrogens is 236 g/mol. The van der Waals surface area contributed by atoms with Crippen molar-refractivity contribution in [2.24, 2.45) is 5.73 Å². The van der Waals surface area contributed by atoms with Gasteiger partial charge in [-0.05, 0) is 32.2 Å². The van der Waals surface area contributed by atoms with E-state index in [1.807, 2.05) is 0 Å². The van der Waals surface area contributed by atoms with Gasteiger partial charge in [-0.2, -0.15) is 0 Å². The zero-order valence-electron chi connectivity index (χ0n) is 13.1. The summed E-state index contributed by atoms with van der Waals surface area (Å²) in [6.07, 6.45) is 10.7. The number of ether oxygens (including phenoxy) is 1. The fourth-order valence-electron chi connectivity index (χ4n) is 2.97. The fraction of sp³-hybridized carbons (Fsp3) is 1.00. The average Bonchev–Trinajstić information content (AvgIpc) is 2.45. The summed E-state index contributed by atoms with van der Waals surface area (Å²) >= 11 is 0. The number of hydrogen-bond donors (Lipinski definition) is 1. The van der Waals surface area contributed by atoms with Crippen LogP contribution in [0.1, 0.15) is 65.2 Å². The molecule has 0 amide bonds. The average molecular weight is 270 g/mol. The normalized spacial score (nSPS) is 22.6. The molecule has 0 radical (unpaired) electrons. The molecule has 0 aromatic carbocycles. The van der Waals surface area contributed by atoms with Crippen LogP contribution in [0.4, 0.5) is 0 Å². The van der Waals surface area contributed by atoms with E-state index in [4.69, 9.17) is 10.5 Å². The Labute approximate surface area is 119 Å². The van der Waals surface area contributed by atoms with Crippen molar-refractivity contribution in [2.75, 3.05) is 26.2 Å². The van der Waals surface area contributed by atoms with Crippen molar-refractivity contribution in [1.82, 2.24) is 4.90 Å². The lowest BCUT2D eigenvalue weighted by atomic mass is 10.0. The summed E-state index contributed by atoms with van der Waals surface area (Å²) in [4.78, 5) is 2.58. The van der Waals surface area contributed by atoms with E-state index in [2.05, 4.69) is 18.7 Å². The highest BCUT2D eigenvalue weighted by atomic mass is 16.5. The molecule has 0 bridgehead atoms. The van der Waals surface area contributed by atoms with Crippen molar-refractivity contribution in [3.05, 3.63) is 0 Å². The van der Waals surface area contributed by atoms with Crippen molar-refractivity contribution in [3.8, 4) is 0 Å². The molecule has 1 fully saturated rings. The number of hydrogen-bond acceptors (Lipinski definition) is 3. The van der Waals surface area contributed by atoms with Gasteiger partial charge in [0.05, 0.1) is 6.10 Å². The summed E-state index contributed by atoms with van der Waals surface area (Å²) in [5.74, 6) is 0. The van der Waals surface area contributed by atoms with E-state index in [0.29, 0.717) is 12.1 Å². The molecule has 0 saturated carbocycles. The summed E-state index contributed by atoms with van der Waals surface area (Å²) in [6, 6.07) is 0.574. The van der Waals surface area contributed by atoms with Crippen LogP contribution in [-0.2, 0) is 4.74 Å². The zero-order valence-corrected chi connectivity index (χ0v) is 13.1. The lowest BCUT2D eigenvalue weighted by Crippen LogP contribution is -2.48. The van der Waals surface area contributed by atoms with Gasteiger partial charge >= 0.3 is 0 Å². The fourth-order valence-corrected chi connectivity index (χ4v) is 2.97. The Balaban J connectivity index is 2.28. The molecule has 2 N–H and O–H groups in total. The maximum atomic E-state index is 5.98. The molecule has 1 saturated heterocycles. The Bertz CT molecular complexity index is 211. The molecule has 1 heterocycles. The molecule has 2 atom stereocenters. The van der Waals surface area contributed by atoms with Crippen LogP contribution in [0.3, 0.4) is 0 Å². The van der Waals surface area contributed by atoms with Gasteiger partial charge in [0.15, 0.2) is 0 Å². The second-order valence-corrected chi connectivity index (χ2v) is 5.87. The third-order valence-electron chi connectivity index (χ3n) is 4.15. The second kappa shape index (κ2) is 10.6. The maximum Gasteiger partial charge on any atom is 0.0702 e. The minimum atomic E-state index is 0.443. The van der Waals surface area contributed by atoms with Gasteiger partial charge in [-0.1, -0.05) is 39.5 Å². The van der Waals surface area contributed by atoms with Crippen LogP contribution < -0.4 is 5.73 Å². The molecule has 3 heteroatoms. The van der Waals surface area contributed by atoms with Gasteiger partial charge < -0.3 is 10.5 Å². The van der Waals surface area contributed by atoms with Gasteiger partial charge in [0.1, 0.15) is 0 Å². The highest BCUT2D eigenvalue weighted by Crippen LogP contribution is 2.18. The van der Waals surface area contributed by atoms with E-state index in [1.165, 1.54) is 51.5 Å². The van der Waals surface area contributed by atoms with Gasteiger partial charge in [0.2, 0.25) is 0 Å². The third-order valence-corrected chi connectivity index (χ3v) is 4.15. The third kappa shape index (κ3) is 6.73. The molecule has 19 heavy (non-hydrogen) atoms. The summed E-state index contributed by atoms with van der Waals surface area (Å²) < 4.78 is 5.92. The largest absolute Gasteiger partial charge is 0.377 e. The molecule has 114 valence electrons. The van der Waals surface area contributed by atoms with Crippen LogP contribution in [0.25, 0.3) is 0 Å². The standard InChI is InChI=1S/C16H34N2O/c1-3-5-6-7-9-15(13-17)18-11-8-10-16(14-18)19-12-4-2/h15-16H,3-14,17H2,1-2H3. The molecule has 3 nitrogen and oxygen atoms in total.